The van der Waals surface area contributed by atoms with Gasteiger partial charge in [0.25, 0.3) is 0 Å². The van der Waals surface area contributed by atoms with Crippen LogP contribution in [0, 0.1) is 0 Å². The Labute approximate surface area is 132 Å². The number of hydrogen-bond acceptors (Lipinski definition) is 4. The summed E-state index contributed by atoms with van der Waals surface area (Å²) in [5.74, 6) is 0.101. The number of hydrogen-bond donors (Lipinski definition) is 0. The number of esters is 1. The Morgan fingerprint density at radius 3 is 2.87 bits per heavy atom. The van der Waals surface area contributed by atoms with Crippen molar-refractivity contribution in [2.75, 3.05) is 0 Å². The molecule has 0 radical (unpaired) electrons. The van der Waals surface area contributed by atoms with Crippen LogP contribution < -0.4 is 4.74 Å². The highest BCUT2D eigenvalue weighted by Gasteiger charge is 2.14. The zero-order valence-corrected chi connectivity index (χ0v) is 12.2. The first-order chi connectivity index (χ1) is 11.3. The summed E-state index contributed by atoms with van der Waals surface area (Å²) >= 11 is 0. The van der Waals surface area contributed by atoms with E-state index in [-0.39, 0.29) is 12.4 Å². The predicted octanol–water partition coefficient (Wildman–Crippen LogP) is 4.13. The van der Waals surface area contributed by atoms with Gasteiger partial charge in [0.15, 0.2) is 0 Å². The molecule has 0 fully saturated rings. The minimum Gasteiger partial charge on any atom is -0.464 e. The fourth-order valence-corrected chi connectivity index (χ4v) is 2.74. The fraction of sp³-hybridized carbons (Fsp3) is 0.0526. The van der Waals surface area contributed by atoms with E-state index in [2.05, 4.69) is 4.98 Å². The summed E-state index contributed by atoms with van der Waals surface area (Å²) in [5.41, 5.74) is 1.60. The Balaban J connectivity index is 1.69. The molecule has 0 saturated carbocycles. The Morgan fingerprint density at radius 2 is 2.00 bits per heavy atom. The maximum absolute atomic E-state index is 12.2. The van der Waals surface area contributed by atoms with Crippen LogP contribution in [0.5, 0.6) is 5.75 Å². The maximum Gasteiger partial charge on any atom is 0.315 e. The number of pyridine rings is 1. The molecule has 0 amide bonds. The molecule has 4 aromatic rings. The van der Waals surface area contributed by atoms with Gasteiger partial charge in [-0.15, -0.1) is 0 Å². The lowest BCUT2D eigenvalue weighted by Crippen LogP contribution is -2.11. The molecule has 4 heteroatoms. The van der Waals surface area contributed by atoms with Gasteiger partial charge in [-0.1, -0.05) is 30.3 Å². The largest absolute Gasteiger partial charge is 0.464 e. The van der Waals surface area contributed by atoms with Crippen LogP contribution in [-0.2, 0) is 11.2 Å². The first kappa shape index (κ1) is 13.5. The molecular formula is C19H13NO3. The van der Waals surface area contributed by atoms with E-state index < -0.39 is 0 Å². The highest BCUT2D eigenvalue weighted by Crippen LogP contribution is 2.30. The van der Waals surface area contributed by atoms with Crippen molar-refractivity contribution in [1.82, 2.24) is 4.98 Å². The Kier molecular flexibility index (Phi) is 3.27. The van der Waals surface area contributed by atoms with Gasteiger partial charge in [0.05, 0.1) is 18.9 Å². The fourth-order valence-electron chi connectivity index (χ4n) is 2.74. The molecule has 0 N–H and O–H groups in total. The van der Waals surface area contributed by atoms with Gasteiger partial charge in [0.1, 0.15) is 11.3 Å². The second kappa shape index (κ2) is 5.57. The van der Waals surface area contributed by atoms with E-state index in [9.17, 15) is 4.79 Å². The number of nitrogens with zero attached hydrogens (tertiary/aromatic N) is 1. The third-order valence-corrected chi connectivity index (χ3v) is 3.74. The quantitative estimate of drug-likeness (QED) is 0.534. The van der Waals surface area contributed by atoms with Crippen molar-refractivity contribution in [2.24, 2.45) is 0 Å². The highest BCUT2D eigenvalue weighted by molar-refractivity contribution is 6.08. The average molecular weight is 303 g/mol. The molecule has 0 aliphatic heterocycles. The predicted molar refractivity (Wildman–Crippen MR) is 87.3 cm³/mol. The zero-order valence-electron chi connectivity index (χ0n) is 12.2. The molecule has 4 nitrogen and oxygen atoms in total. The molecule has 112 valence electrons. The van der Waals surface area contributed by atoms with Crippen LogP contribution in [0.15, 0.2) is 71.6 Å². The topological polar surface area (TPSA) is 52.3 Å². The molecule has 0 unspecified atom stereocenters. The molecule has 0 bridgehead atoms. The minimum atomic E-state index is -0.339. The number of fused-ring (bicyclic) bond motifs is 3. The zero-order chi connectivity index (χ0) is 15.6. The second-order valence-corrected chi connectivity index (χ2v) is 5.26. The van der Waals surface area contributed by atoms with Gasteiger partial charge in [-0.05, 0) is 29.0 Å². The van der Waals surface area contributed by atoms with Crippen molar-refractivity contribution < 1.29 is 13.9 Å². The Bertz CT molecular complexity index is 989. The van der Waals surface area contributed by atoms with Gasteiger partial charge in [0, 0.05) is 17.1 Å². The highest BCUT2D eigenvalue weighted by atomic mass is 16.5. The summed E-state index contributed by atoms with van der Waals surface area (Å²) < 4.78 is 10.9. The van der Waals surface area contributed by atoms with E-state index >= 15 is 0 Å². The Morgan fingerprint density at radius 1 is 1.09 bits per heavy atom. The molecule has 0 atom stereocenters. The normalized spacial score (nSPS) is 11.0. The van der Waals surface area contributed by atoms with E-state index in [4.69, 9.17) is 9.15 Å². The van der Waals surface area contributed by atoms with Crippen molar-refractivity contribution in [3.8, 4) is 5.75 Å². The molecule has 2 heterocycles. The standard InChI is InChI=1S/C19H13NO3/c21-18(23-15-5-3-9-20-11-15)10-14-12-22-17-8-7-13-4-1-2-6-16(13)19(14)17/h1-9,11-12H,10H2. The van der Waals surface area contributed by atoms with Crippen molar-refractivity contribution >= 4 is 27.7 Å². The summed E-state index contributed by atoms with van der Waals surface area (Å²) in [6.07, 6.45) is 4.92. The Hall–Kier alpha value is -3.14. The number of ether oxygens (including phenoxy) is 1. The smallest absolute Gasteiger partial charge is 0.315 e. The monoisotopic (exact) mass is 303 g/mol. The van der Waals surface area contributed by atoms with Gasteiger partial charge in [-0.25, -0.2) is 0 Å². The molecule has 2 aromatic heterocycles. The number of carbonyl (C=O) groups is 1. The second-order valence-electron chi connectivity index (χ2n) is 5.26. The first-order valence-corrected chi connectivity index (χ1v) is 7.30. The lowest BCUT2D eigenvalue weighted by atomic mass is 10.0. The van der Waals surface area contributed by atoms with E-state index in [0.717, 1.165) is 27.3 Å². The number of rotatable bonds is 3. The minimum absolute atomic E-state index is 0.149. The van der Waals surface area contributed by atoms with Crippen LogP contribution in [0.4, 0.5) is 0 Å². The van der Waals surface area contributed by atoms with Crippen LogP contribution in [0.3, 0.4) is 0 Å². The molecule has 0 spiro atoms. The van der Waals surface area contributed by atoms with E-state index in [0.29, 0.717) is 5.75 Å². The maximum atomic E-state index is 12.2. The van der Waals surface area contributed by atoms with E-state index in [1.165, 1.54) is 6.20 Å². The summed E-state index contributed by atoms with van der Waals surface area (Å²) in [6.45, 7) is 0. The van der Waals surface area contributed by atoms with Crippen molar-refractivity contribution in [1.29, 1.82) is 0 Å². The first-order valence-electron chi connectivity index (χ1n) is 7.30. The average Bonchev–Trinajstić information content (AvgIpc) is 2.99. The van der Waals surface area contributed by atoms with Gasteiger partial charge in [-0.2, -0.15) is 0 Å². The van der Waals surface area contributed by atoms with Crippen LogP contribution in [-0.4, -0.2) is 11.0 Å². The van der Waals surface area contributed by atoms with Crippen LogP contribution in [0.2, 0.25) is 0 Å². The molecule has 0 saturated heterocycles. The number of aromatic nitrogens is 1. The van der Waals surface area contributed by atoms with Gasteiger partial charge in [-0.3, -0.25) is 9.78 Å². The van der Waals surface area contributed by atoms with Gasteiger partial charge in [0.2, 0.25) is 0 Å². The number of benzene rings is 2. The molecule has 23 heavy (non-hydrogen) atoms. The summed E-state index contributed by atoms with van der Waals surface area (Å²) in [4.78, 5) is 16.1. The van der Waals surface area contributed by atoms with Gasteiger partial charge < -0.3 is 9.15 Å². The summed E-state index contributed by atoms with van der Waals surface area (Å²) in [6, 6.07) is 15.4. The molecule has 2 aromatic carbocycles. The van der Waals surface area contributed by atoms with E-state index in [1.54, 1.807) is 24.6 Å². The number of furan rings is 1. The lowest BCUT2D eigenvalue weighted by Gasteiger charge is -2.04. The summed E-state index contributed by atoms with van der Waals surface area (Å²) in [7, 11) is 0. The third-order valence-electron chi connectivity index (χ3n) is 3.74. The SMILES string of the molecule is O=C(Cc1coc2ccc3ccccc3c12)Oc1cccnc1. The molecule has 4 rings (SSSR count). The molecule has 0 aliphatic rings. The van der Waals surface area contributed by atoms with E-state index in [1.807, 2.05) is 36.4 Å². The lowest BCUT2D eigenvalue weighted by molar-refractivity contribution is -0.133. The van der Waals surface area contributed by atoms with Crippen molar-refractivity contribution in [2.45, 2.75) is 6.42 Å². The van der Waals surface area contributed by atoms with Crippen LogP contribution in [0.25, 0.3) is 21.7 Å². The van der Waals surface area contributed by atoms with Crippen molar-refractivity contribution in [3.63, 3.8) is 0 Å². The van der Waals surface area contributed by atoms with Gasteiger partial charge >= 0.3 is 5.97 Å². The molecule has 0 aliphatic carbocycles. The van der Waals surface area contributed by atoms with Crippen LogP contribution >= 0.6 is 0 Å². The van der Waals surface area contributed by atoms with Crippen molar-refractivity contribution in [3.05, 3.63) is 72.8 Å². The van der Waals surface area contributed by atoms with Crippen LogP contribution in [0.1, 0.15) is 5.56 Å². The molecular weight excluding hydrogens is 290 g/mol. The number of carbonyl (C=O) groups excluding carboxylic acids is 1. The third kappa shape index (κ3) is 2.55. The summed E-state index contributed by atoms with van der Waals surface area (Å²) in [5, 5.41) is 3.15.